The third-order valence-electron chi connectivity index (χ3n) is 2.48. The van der Waals surface area contributed by atoms with E-state index in [9.17, 15) is 14.5 Å². The van der Waals surface area contributed by atoms with Crippen molar-refractivity contribution in [1.29, 1.82) is 0 Å². The molecule has 0 amide bonds. The Balaban J connectivity index is 2.42. The molecule has 0 radical (unpaired) electrons. The predicted octanol–water partition coefficient (Wildman–Crippen LogP) is 2.76. The summed E-state index contributed by atoms with van der Waals surface area (Å²) in [6.07, 6.45) is 0. The molecule has 0 fully saturated rings. The van der Waals surface area contributed by atoms with Crippen LogP contribution in [0.3, 0.4) is 0 Å². The first-order valence-electron chi connectivity index (χ1n) is 5.38. The summed E-state index contributed by atoms with van der Waals surface area (Å²) in [6.45, 7) is 0. The lowest BCUT2D eigenvalue weighted by Crippen LogP contribution is -2.10. The van der Waals surface area contributed by atoms with E-state index in [1.807, 2.05) is 0 Å². The van der Waals surface area contributed by atoms with Gasteiger partial charge in [0.1, 0.15) is 17.2 Å². The maximum absolute atomic E-state index is 13.1. The van der Waals surface area contributed by atoms with E-state index >= 15 is 0 Å². The topological polar surface area (TPSA) is 93.2 Å². The van der Waals surface area contributed by atoms with Gasteiger partial charge in [0, 0.05) is 5.69 Å². The standard InChI is InChI=1S/C12H11FN4O2/c13-8-3-1-4-9(7-8)15-10-5-2-6-11(16-14)12(10)17(18)19/h1-7,15-16H,14H2. The third-order valence-corrected chi connectivity index (χ3v) is 2.48. The van der Waals surface area contributed by atoms with E-state index in [4.69, 9.17) is 5.84 Å². The molecule has 0 aliphatic carbocycles. The highest BCUT2D eigenvalue weighted by atomic mass is 19.1. The summed E-state index contributed by atoms with van der Waals surface area (Å²) in [5.41, 5.74) is 2.87. The van der Waals surface area contributed by atoms with Gasteiger partial charge in [0.25, 0.3) is 0 Å². The Kier molecular flexibility index (Phi) is 3.58. The number of rotatable bonds is 4. The number of nitro benzene ring substituents is 1. The number of hydrogen-bond acceptors (Lipinski definition) is 5. The number of anilines is 3. The molecule has 0 spiro atoms. The molecule has 98 valence electrons. The fraction of sp³-hybridized carbons (Fsp3) is 0. The Morgan fingerprint density at radius 1 is 1.16 bits per heavy atom. The summed E-state index contributed by atoms with van der Waals surface area (Å²) in [5.74, 6) is 4.80. The summed E-state index contributed by atoms with van der Waals surface area (Å²) in [5, 5.41) is 13.8. The molecule has 2 rings (SSSR count). The highest BCUT2D eigenvalue weighted by molar-refractivity contribution is 5.79. The molecule has 0 aliphatic rings. The van der Waals surface area contributed by atoms with Gasteiger partial charge in [0.15, 0.2) is 0 Å². The van der Waals surface area contributed by atoms with E-state index in [2.05, 4.69) is 10.7 Å². The van der Waals surface area contributed by atoms with Crippen molar-refractivity contribution in [1.82, 2.24) is 0 Å². The van der Waals surface area contributed by atoms with Gasteiger partial charge < -0.3 is 10.7 Å². The average Bonchev–Trinajstić information content (AvgIpc) is 2.38. The van der Waals surface area contributed by atoms with Crippen LogP contribution in [0.2, 0.25) is 0 Å². The molecular weight excluding hydrogens is 251 g/mol. The van der Waals surface area contributed by atoms with E-state index in [0.717, 1.165) is 0 Å². The van der Waals surface area contributed by atoms with Crippen LogP contribution in [0.15, 0.2) is 42.5 Å². The summed E-state index contributed by atoms with van der Waals surface area (Å²) in [7, 11) is 0. The SMILES string of the molecule is NNc1cccc(Nc2cccc(F)c2)c1[N+](=O)[O-]. The van der Waals surface area contributed by atoms with Gasteiger partial charge in [0.05, 0.1) is 4.92 Å². The lowest BCUT2D eigenvalue weighted by Gasteiger charge is -2.09. The Morgan fingerprint density at radius 3 is 2.47 bits per heavy atom. The quantitative estimate of drug-likeness (QED) is 0.447. The van der Waals surface area contributed by atoms with Gasteiger partial charge in [-0.15, -0.1) is 0 Å². The van der Waals surface area contributed by atoms with Crippen LogP contribution in [0.1, 0.15) is 0 Å². The number of hydrazine groups is 1. The van der Waals surface area contributed by atoms with Gasteiger partial charge in [-0.2, -0.15) is 0 Å². The van der Waals surface area contributed by atoms with E-state index < -0.39 is 10.7 Å². The zero-order valence-corrected chi connectivity index (χ0v) is 9.76. The number of nitrogens with zero attached hydrogens (tertiary/aromatic N) is 1. The molecule has 0 aromatic heterocycles. The van der Waals surface area contributed by atoms with Crippen molar-refractivity contribution in [3.8, 4) is 0 Å². The van der Waals surface area contributed by atoms with Gasteiger partial charge in [-0.3, -0.25) is 16.0 Å². The minimum atomic E-state index is -0.559. The Labute approximate surface area is 108 Å². The Morgan fingerprint density at radius 2 is 1.84 bits per heavy atom. The first-order valence-corrected chi connectivity index (χ1v) is 5.38. The van der Waals surface area contributed by atoms with Crippen molar-refractivity contribution in [3.63, 3.8) is 0 Å². The van der Waals surface area contributed by atoms with Gasteiger partial charge >= 0.3 is 5.69 Å². The second kappa shape index (κ2) is 5.32. The summed E-state index contributed by atoms with van der Waals surface area (Å²) in [6, 6.07) is 10.2. The van der Waals surface area contributed by atoms with Gasteiger partial charge in [-0.05, 0) is 30.3 Å². The molecule has 0 bridgehead atoms. The number of para-hydroxylation sites is 1. The Hall–Kier alpha value is -2.67. The van der Waals surface area contributed by atoms with Crippen LogP contribution in [0, 0.1) is 15.9 Å². The zero-order chi connectivity index (χ0) is 13.8. The summed E-state index contributed by atoms with van der Waals surface area (Å²) in [4.78, 5) is 10.5. The van der Waals surface area contributed by atoms with Gasteiger partial charge in [-0.25, -0.2) is 4.39 Å². The van der Waals surface area contributed by atoms with Crippen LogP contribution in [-0.4, -0.2) is 4.92 Å². The molecule has 0 aliphatic heterocycles. The fourth-order valence-corrected chi connectivity index (χ4v) is 1.68. The summed E-state index contributed by atoms with van der Waals surface area (Å²) >= 11 is 0. The first-order chi connectivity index (χ1) is 9.11. The minimum Gasteiger partial charge on any atom is -0.350 e. The molecule has 7 heteroatoms. The molecule has 0 saturated heterocycles. The number of nitrogen functional groups attached to an aromatic ring is 1. The highest BCUT2D eigenvalue weighted by Crippen LogP contribution is 2.34. The van der Waals surface area contributed by atoms with Crippen LogP contribution in [0.4, 0.5) is 27.1 Å². The molecule has 0 saturated carbocycles. The van der Waals surface area contributed by atoms with Crippen molar-refractivity contribution in [2.75, 3.05) is 10.7 Å². The van der Waals surface area contributed by atoms with Crippen LogP contribution >= 0.6 is 0 Å². The fourth-order valence-electron chi connectivity index (χ4n) is 1.68. The molecule has 0 atom stereocenters. The van der Waals surface area contributed by atoms with Gasteiger partial charge in [-0.1, -0.05) is 12.1 Å². The zero-order valence-electron chi connectivity index (χ0n) is 9.76. The lowest BCUT2D eigenvalue weighted by atomic mass is 10.2. The van der Waals surface area contributed by atoms with Crippen LogP contribution in [0.25, 0.3) is 0 Å². The third kappa shape index (κ3) is 2.78. The maximum atomic E-state index is 13.1. The maximum Gasteiger partial charge on any atom is 0.316 e. The van der Waals surface area contributed by atoms with E-state index in [1.165, 1.54) is 30.3 Å². The predicted molar refractivity (Wildman–Crippen MR) is 70.6 cm³/mol. The molecule has 0 heterocycles. The van der Waals surface area contributed by atoms with Crippen LogP contribution < -0.4 is 16.6 Å². The van der Waals surface area contributed by atoms with E-state index in [1.54, 1.807) is 12.1 Å². The van der Waals surface area contributed by atoms with E-state index in [-0.39, 0.29) is 17.1 Å². The van der Waals surface area contributed by atoms with Crippen LogP contribution in [0.5, 0.6) is 0 Å². The number of benzene rings is 2. The second-order valence-electron chi connectivity index (χ2n) is 3.74. The van der Waals surface area contributed by atoms with Crippen molar-refractivity contribution in [2.45, 2.75) is 0 Å². The molecule has 4 N–H and O–H groups in total. The minimum absolute atomic E-state index is 0.173. The largest absolute Gasteiger partial charge is 0.350 e. The normalized spacial score (nSPS) is 10.0. The lowest BCUT2D eigenvalue weighted by molar-refractivity contribution is -0.383. The molecule has 0 unspecified atom stereocenters. The molecule has 2 aromatic carbocycles. The van der Waals surface area contributed by atoms with Crippen molar-refractivity contribution in [3.05, 3.63) is 58.4 Å². The second-order valence-corrected chi connectivity index (χ2v) is 3.74. The number of nitro groups is 1. The number of nitrogens with one attached hydrogen (secondary N) is 2. The van der Waals surface area contributed by atoms with Crippen molar-refractivity contribution >= 4 is 22.7 Å². The van der Waals surface area contributed by atoms with E-state index in [0.29, 0.717) is 5.69 Å². The molecule has 6 nitrogen and oxygen atoms in total. The number of halogens is 1. The number of nitrogens with two attached hydrogens (primary N) is 1. The van der Waals surface area contributed by atoms with Crippen molar-refractivity contribution in [2.24, 2.45) is 5.84 Å². The highest BCUT2D eigenvalue weighted by Gasteiger charge is 2.19. The molecule has 19 heavy (non-hydrogen) atoms. The van der Waals surface area contributed by atoms with Gasteiger partial charge in [0.2, 0.25) is 0 Å². The monoisotopic (exact) mass is 262 g/mol. The van der Waals surface area contributed by atoms with Crippen LogP contribution in [-0.2, 0) is 0 Å². The summed E-state index contributed by atoms with van der Waals surface area (Å²) < 4.78 is 13.1. The smallest absolute Gasteiger partial charge is 0.316 e. The average molecular weight is 262 g/mol. The Bertz CT molecular complexity index is 618. The first kappa shape index (κ1) is 12.8. The van der Waals surface area contributed by atoms with Crippen molar-refractivity contribution < 1.29 is 9.31 Å². The molecule has 2 aromatic rings. The molecular formula is C12H11FN4O2. The number of hydrogen-bond donors (Lipinski definition) is 3.